The molecule has 0 saturated carbocycles. The standard InChI is InChI=1S/C58H35N5/c1-2-17-40(18-3-1)61-50-24-12-9-20-43(50)45-29-26-39(34-53(45)61)57-46-22-8-11-23-49(46)59-58(60-57)63-52-31-27-36-14-6-7-19-42(36)56(52)47-30-28-41(35-55(47)63)62-51-25-13-10-21-44(51)48-32-37-15-4-5-16-38(37)33-54(48)62/h1-35H. The van der Waals surface area contributed by atoms with E-state index < -0.39 is 0 Å². The molecule has 0 atom stereocenters. The van der Waals surface area contributed by atoms with Gasteiger partial charge in [-0.15, -0.1) is 0 Å². The lowest BCUT2D eigenvalue weighted by molar-refractivity contribution is 1.01. The van der Waals surface area contributed by atoms with Crippen LogP contribution in [0.5, 0.6) is 0 Å². The van der Waals surface area contributed by atoms with Gasteiger partial charge in [-0.25, -0.2) is 9.97 Å². The Morgan fingerprint density at radius 3 is 1.68 bits per heavy atom. The van der Waals surface area contributed by atoms with E-state index in [2.05, 4.69) is 226 Å². The Hall–Kier alpha value is -8.54. The van der Waals surface area contributed by atoms with Gasteiger partial charge in [0, 0.05) is 54.6 Å². The third-order valence-electron chi connectivity index (χ3n) is 13.2. The minimum absolute atomic E-state index is 0.632. The van der Waals surface area contributed by atoms with Gasteiger partial charge in [-0.05, 0) is 88.3 Å². The maximum Gasteiger partial charge on any atom is 0.235 e. The van der Waals surface area contributed by atoms with Crippen LogP contribution >= 0.6 is 0 Å². The summed E-state index contributed by atoms with van der Waals surface area (Å²) < 4.78 is 7.08. The first-order valence-corrected chi connectivity index (χ1v) is 21.5. The molecule has 63 heavy (non-hydrogen) atoms. The molecule has 0 spiro atoms. The van der Waals surface area contributed by atoms with Crippen LogP contribution in [-0.4, -0.2) is 23.7 Å². The largest absolute Gasteiger partial charge is 0.309 e. The van der Waals surface area contributed by atoms with Crippen molar-refractivity contribution in [2.24, 2.45) is 0 Å². The van der Waals surface area contributed by atoms with E-state index in [9.17, 15) is 0 Å². The van der Waals surface area contributed by atoms with Gasteiger partial charge in [0.1, 0.15) is 0 Å². The molecule has 10 aromatic carbocycles. The summed E-state index contributed by atoms with van der Waals surface area (Å²) >= 11 is 0. The van der Waals surface area contributed by atoms with Crippen LogP contribution in [0.1, 0.15) is 0 Å². The van der Waals surface area contributed by atoms with Crippen molar-refractivity contribution in [3.05, 3.63) is 212 Å². The molecule has 0 bridgehead atoms. The second kappa shape index (κ2) is 13.0. The third-order valence-corrected chi connectivity index (χ3v) is 13.2. The van der Waals surface area contributed by atoms with Crippen LogP contribution in [0.25, 0.3) is 126 Å². The first-order valence-electron chi connectivity index (χ1n) is 21.5. The van der Waals surface area contributed by atoms with Gasteiger partial charge < -0.3 is 9.13 Å². The molecule has 0 N–H and O–H groups in total. The summed E-state index contributed by atoms with van der Waals surface area (Å²) in [6.45, 7) is 0. The highest BCUT2D eigenvalue weighted by Gasteiger charge is 2.22. The molecule has 14 rings (SSSR count). The minimum Gasteiger partial charge on any atom is -0.309 e. The van der Waals surface area contributed by atoms with Crippen LogP contribution in [0.3, 0.4) is 0 Å². The first kappa shape index (κ1) is 34.2. The highest BCUT2D eigenvalue weighted by molar-refractivity contribution is 6.22. The molecule has 0 saturated heterocycles. The molecule has 0 aliphatic heterocycles. The van der Waals surface area contributed by atoms with Crippen molar-refractivity contribution >= 4 is 97.9 Å². The Bertz CT molecular complexity index is 4210. The second-order valence-electron chi connectivity index (χ2n) is 16.6. The summed E-state index contributed by atoms with van der Waals surface area (Å²) in [5.41, 5.74) is 11.8. The zero-order valence-corrected chi connectivity index (χ0v) is 33.9. The predicted octanol–water partition coefficient (Wildman–Crippen LogP) is 14.9. The fourth-order valence-corrected chi connectivity index (χ4v) is 10.4. The lowest BCUT2D eigenvalue weighted by Crippen LogP contribution is -2.04. The quantitative estimate of drug-likeness (QED) is 0.178. The molecule has 14 aromatic rings. The van der Waals surface area contributed by atoms with E-state index in [1.165, 1.54) is 65.0 Å². The summed E-state index contributed by atoms with van der Waals surface area (Å²) in [7, 11) is 0. The number of fused-ring (bicyclic) bond motifs is 13. The summed E-state index contributed by atoms with van der Waals surface area (Å²) in [5, 5.41) is 13.1. The third kappa shape index (κ3) is 4.93. The maximum atomic E-state index is 5.62. The molecule has 0 aliphatic carbocycles. The summed E-state index contributed by atoms with van der Waals surface area (Å²) in [5.74, 6) is 0.632. The Labute approximate surface area is 360 Å². The number of nitrogens with zero attached hydrogens (tertiary/aromatic N) is 5. The van der Waals surface area contributed by atoms with Crippen molar-refractivity contribution in [1.82, 2.24) is 23.7 Å². The van der Waals surface area contributed by atoms with Crippen molar-refractivity contribution in [3.63, 3.8) is 0 Å². The number of para-hydroxylation sites is 4. The van der Waals surface area contributed by atoms with Gasteiger partial charge in [0.25, 0.3) is 0 Å². The Kier molecular flexibility index (Phi) is 7.05. The normalized spacial score (nSPS) is 12.1. The SMILES string of the molecule is c1ccc(-n2c3ccccc3c3ccc(-c4nc(-n5c6cc(-n7c8ccccc8c8cc9ccccc9cc87)ccc6c6c7ccccc7ccc65)nc5ccccc45)cc32)cc1. The van der Waals surface area contributed by atoms with Crippen LogP contribution in [0.15, 0.2) is 212 Å². The number of hydrogen-bond donors (Lipinski definition) is 0. The van der Waals surface area contributed by atoms with E-state index in [1.54, 1.807) is 0 Å². The number of aromatic nitrogens is 5. The summed E-state index contributed by atoms with van der Waals surface area (Å²) in [6, 6.07) is 76.7. The van der Waals surface area contributed by atoms with Crippen LogP contribution in [0.2, 0.25) is 0 Å². The molecule has 5 heteroatoms. The van der Waals surface area contributed by atoms with Gasteiger partial charge in [0.15, 0.2) is 0 Å². The molecule has 0 radical (unpaired) electrons. The van der Waals surface area contributed by atoms with Crippen LogP contribution in [0.4, 0.5) is 0 Å². The lowest BCUT2D eigenvalue weighted by Gasteiger charge is -2.13. The molecule has 0 amide bonds. The first-order chi connectivity index (χ1) is 31.2. The number of hydrogen-bond acceptors (Lipinski definition) is 2. The van der Waals surface area contributed by atoms with Crippen LogP contribution in [-0.2, 0) is 0 Å². The van der Waals surface area contributed by atoms with E-state index in [0.717, 1.165) is 55.5 Å². The molecule has 292 valence electrons. The van der Waals surface area contributed by atoms with Crippen molar-refractivity contribution in [3.8, 4) is 28.6 Å². The van der Waals surface area contributed by atoms with E-state index in [-0.39, 0.29) is 0 Å². The maximum absolute atomic E-state index is 5.62. The molecular weight excluding hydrogens is 767 g/mol. The van der Waals surface area contributed by atoms with Crippen molar-refractivity contribution in [1.29, 1.82) is 0 Å². The number of benzene rings is 10. The average Bonchev–Trinajstić information content (AvgIpc) is 3.98. The Morgan fingerprint density at radius 1 is 0.286 bits per heavy atom. The average molecular weight is 802 g/mol. The van der Waals surface area contributed by atoms with Gasteiger partial charge in [0.05, 0.1) is 44.3 Å². The van der Waals surface area contributed by atoms with E-state index in [0.29, 0.717) is 5.95 Å². The fourth-order valence-electron chi connectivity index (χ4n) is 10.4. The molecule has 4 aromatic heterocycles. The highest BCUT2D eigenvalue weighted by Crippen LogP contribution is 2.41. The predicted molar refractivity (Wildman–Crippen MR) is 263 cm³/mol. The van der Waals surface area contributed by atoms with Gasteiger partial charge in [0.2, 0.25) is 5.95 Å². The lowest BCUT2D eigenvalue weighted by atomic mass is 10.0. The van der Waals surface area contributed by atoms with Crippen LogP contribution in [0, 0.1) is 0 Å². The molecule has 0 fully saturated rings. The zero-order chi connectivity index (χ0) is 41.2. The van der Waals surface area contributed by atoms with Crippen molar-refractivity contribution in [2.75, 3.05) is 0 Å². The molecule has 0 unspecified atom stereocenters. The van der Waals surface area contributed by atoms with Crippen LogP contribution < -0.4 is 0 Å². The van der Waals surface area contributed by atoms with Crippen molar-refractivity contribution in [2.45, 2.75) is 0 Å². The molecular formula is C58H35N5. The van der Waals surface area contributed by atoms with E-state index in [4.69, 9.17) is 9.97 Å². The number of rotatable bonds is 4. The van der Waals surface area contributed by atoms with Gasteiger partial charge >= 0.3 is 0 Å². The monoisotopic (exact) mass is 801 g/mol. The zero-order valence-electron chi connectivity index (χ0n) is 33.9. The van der Waals surface area contributed by atoms with E-state index >= 15 is 0 Å². The molecule has 5 nitrogen and oxygen atoms in total. The summed E-state index contributed by atoms with van der Waals surface area (Å²) in [4.78, 5) is 11.0. The van der Waals surface area contributed by atoms with Gasteiger partial charge in [-0.3, -0.25) is 4.57 Å². The van der Waals surface area contributed by atoms with Gasteiger partial charge in [-0.2, -0.15) is 0 Å². The van der Waals surface area contributed by atoms with E-state index in [1.807, 2.05) is 0 Å². The second-order valence-corrected chi connectivity index (χ2v) is 16.6. The smallest absolute Gasteiger partial charge is 0.235 e. The molecule has 4 heterocycles. The summed E-state index contributed by atoms with van der Waals surface area (Å²) in [6.07, 6.45) is 0. The highest BCUT2D eigenvalue weighted by atomic mass is 15.2. The molecule has 0 aliphatic rings. The topological polar surface area (TPSA) is 40.6 Å². The Morgan fingerprint density at radius 2 is 0.873 bits per heavy atom. The minimum atomic E-state index is 0.632. The van der Waals surface area contributed by atoms with Gasteiger partial charge in [-0.1, -0.05) is 146 Å². The fraction of sp³-hybridized carbons (Fsp3) is 0. The van der Waals surface area contributed by atoms with Crippen molar-refractivity contribution < 1.29 is 0 Å². The Balaban J connectivity index is 1.07.